The minimum atomic E-state index is -4.31. The lowest BCUT2D eigenvalue weighted by atomic mass is 10.1. The van der Waals surface area contributed by atoms with E-state index in [4.69, 9.17) is 4.74 Å². The molecule has 121 valence electrons. The van der Waals surface area contributed by atoms with Crippen molar-refractivity contribution in [3.63, 3.8) is 0 Å². The maximum atomic E-state index is 12.6. The molecule has 1 saturated heterocycles. The van der Waals surface area contributed by atoms with Crippen LogP contribution in [0.5, 0.6) is 5.75 Å². The lowest BCUT2D eigenvalue weighted by Gasteiger charge is -2.34. The van der Waals surface area contributed by atoms with Crippen molar-refractivity contribution in [2.45, 2.75) is 25.1 Å². The van der Waals surface area contributed by atoms with Crippen molar-refractivity contribution in [1.29, 1.82) is 0 Å². The van der Waals surface area contributed by atoms with Crippen molar-refractivity contribution in [3.8, 4) is 5.75 Å². The van der Waals surface area contributed by atoms with E-state index in [2.05, 4.69) is 11.0 Å². The second kappa shape index (κ2) is 6.52. The van der Waals surface area contributed by atoms with Gasteiger partial charge in [-0.1, -0.05) is 12.1 Å². The second-order valence-corrected chi connectivity index (χ2v) is 5.61. The van der Waals surface area contributed by atoms with Crippen LogP contribution < -0.4 is 9.64 Å². The van der Waals surface area contributed by atoms with Gasteiger partial charge in [0.25, 0.3) is 0 Å². The lowest BCUT2D eigenvalue weighted by molar-refractivity contribution is -0.137. The van der Waals surface area contributed by atoms with Crippen molar-refractivity contribution in [1.82, 2.24) is 0 Å². The van der Waals surface area contributed by atoms with Crippen molar-refractivity contribution in [2.24, 2.45) is 0 Å². The standard InChI is InChI=1S/C18H17F3NO/c19-18(20,21)14-8-10-16(11-9-14)23-17-7-4-12-22(13-17)15-5-2-1-3-6-15/h2-3,5-6,8-11,17H,4,7,12-13H2. The highest BCUT2D eigenvalue weighted by Gasteiger charge is 2.30. The Morgan fingerprint density at radius 2 is 1.74 bits per heavy atom. The predicted molar refractivity (Wildman–Crippen MR) is 82.6 cm³/mol. The zero-order valence-electron chi connectivity index (χ0n) is 12.5. The third-order valence-corrected chi connectivity index (χ3v) is 3.93. The van der Waals surface area contributed by atoms with E-state index in [1.807, 2.05) is 24.3 Å². The molecule has 1 aliphatic rings. The molecule has 3 rings (SSSR count). The summed E-state index contributed by atoms with van der Waals surface area (Å²) in [5.74, 6) is 0.478. The Morgan fingerprint density at radius 1 is 1.04 bits per heavy atom. The van der Waals surface area contributed by atoms with Gasteiger partial charge >= 0.3 is 6.18 Å². The first-order valence-electron chi connectivity index (χ1n) is 7.57. The van der Waals surface area contributed by atoms with E-state index in [-0.39, 0.29) is 6.10 Å². The van der Waals surface area contributed by atoms with Gasteiger partial charge in [-0.25, -0.2) is 0 Å². The van der Waals surface area contributed by atoms with Crippen LogP contribution in [0.15, 0.2) is 48.5 Å². The zero-order valence-corrected chi connectivity index (χ0v) is 12.5. The van der Waals surface area contributed by atoms with E-state index in [9.17, 15) is 13.2 Å². The number of alkyl halides is 3. The van der Waals surface area contributed by atoms with Gasteiger partial charge in [-0.05, 0) is 55.3 Å². The van der Waals surface area contributed by atoms with Gasteiger partial charge < -0.3 is 9.64 Å². The normalized spacial score (nSPS) is 18.7. The average molecular weight is 320 g/mol. The summed E-state index contributed by atoms with van der Waals surface area (Å²) < 4.78 is 43.6. The third-order valence-electron chi connectivity index (χ3n) is 3.93. The summed E-state index contributed by atoms with van der Waals surface area (Å²) in [5, 5.41) is 0. The van der Waals surface area contributed by atoms with Gasteiger partial charge in [-0.3, -0.25) is 0 Å². The van der Waals surface area contributed by atoms with E-state index in [1.165, 1.54) is 12.1 Å². The van der Waals surface area contributed by atoms with Crippen LogP contribution in [0.1, 0.15) is 18.4 Å². The number of anilines is 1. The highest BCUT2D eigenvalue weighted by atomic mass is 19.4. The molecule has 0 N–H and O–H groups in total. The third kappa shape index (κ3) is 3.97. The molecule has 1 aliphatic heterocycles. The largest absolute Gasteiger partial charge is 0.489 e. The van der Waals surface area contributed by atoms with Crippen LogP contribution >= 0.6 is 0 Å². The molecule has 2 aromatic rings. The fraction of sp³-hybridized carbons (Fsp3) is 0.333. The number of halogens is 3. The van der Waals surface area contributed by atoms with Gasteiger partial charge in [0.2, 0.25) is 0 Å². The van der Waals surface area contributed by atoms with Crippen LogP contribution in [-0.4, -0.2) is 19.2 Å². The van der Waals surface area contributed by atoms with Crippen LogP contribution in [0.2, 0.25) is 0 Å². The molecule has 5 heteroatoms. The fourth-order valence-electron chi connectivity index (χ4n) is 2.77. The van der Waals surface area contributed by atoms with E-state index in [1.54, 1.807) is 0 Å². The molecule has 0 amide bonds. The first-order valence-corrected chi connectivity index (χ1v) is 7.57. The molecule has 0 aliphatic carbocycles. The Labute approximate surface area is 133 Å². The summed E-state index contributed by atoms with van der Waals surface area (Å²) in [6, 6.07) is 15.6. The highest BCUT2D eigenvalue weighted by Crippen LogP contribution is 2.31. The molecular weight excluding hydrogens is 303 g/mol. The summed E-state index contributed by atoms with van der Waals surface area (Å²) in [4.78, 5) is 2.23. The van der Waals surface area contributed by atoms with Gasteiger partial charge in [0.05, 0.1) is 12.1 Å². The number of hydrogen-bond acceptors (Lipinski definition) is 2. The fourth-order valence-corrected chi connectivity index (χ4v) is 2.77. The maximum Gasteiger partial charge on any atom is 0.416 e. The Balaban J connectivity index is 1.64. The molecule has 1 unspecified atom stereocenters. The summed E-state index contributed by atoms with van der Waals surface area (Å²) >= 11 is 0. The Bertz CT molecular complexity index is 625. The number of benzene rings is 2. The highest BCUT2D eigenvalue weighted by molar-refractivity contribution is 5.46. The molecule has 0 aromatic heterocycles. The van der Waals surface area contributed by atoms with Gasteiger partial charge in [-0.2, -0.15) is 13.2 Å². The second-order valence-electron chi connectivity index (χ2n) is 5.61. The summed E-state index contributed by atoms with van der Waals surface area (Å²) in [6.07, 6.45) is -2.45. The lowest BCUT2D eigenvalue weighted by Crippen LogP contribution is -2.41. The zero-order chi connectivity index (χ0) is 16.3. The Hall–Kier alpha value is -2.17. The number of ether oxygens (including phenoxy) is 1. The van der Waals surface area contributed by atoms with Gasteiger partial charge in [-0.15, -0.1) is 0 Å². The van der Waals surface area contributed by atoms with E-state index < -0.39 is 11.7 Å². The summed E-state index contributed by atoms with van der Waals surface area (Å²) in [7, 11) is 0. The smallest absolute Gasteiger partial charge is 0.416 e. The predicted octanol–water partition coefficient (Wildman–Crippen LogP) is 4.55. The van der Waals surface area contributed by atoms with E-state index >= 15 is 0 Å². The molecule has 23 heavy (non-hydrogen) atoms. The Kier molecular flexibility index (Phi) is 4.46. The average Bonchev–Trinajstić information content (AvgIpc) is 2.56. The molecule has 1 radical (unpaired) electrons. The summed E-state index contributed by atoms with van der Waals surface area (Å²) in [6.45, 7) is 1.68. The molecule has 0 bridgehead atoms. The van der Waals surface area contributed by atoms with Gasteiger partial charge in [0, 0.05) is 12.2 Å². The molecule has 1 fully saturated rings. The Morgan fingerprint density at radius 3 is 2.39 bits per heavy atom. The van der Waals surface area contributed by atoms with Gasteiger partial charge in [0.15, 0.2) is 0 Å². The van der Waals surface area contributed by atoms with Crippen LogP contribution in [0.3, 0.4) is 0 Å². The van der Waals surface area contributed by atoms with Crippen molar-refractivity contribution >= 4 is 5.69 Å². The number of nitrogens with zero attached hydrogens (tertiary/aromatic N) is 1. The van der Waals surface area contributed by atoms with Crippen LogP contribution in [0.4, 0.5) is 18.9 Å². The quantitative estimate of drug-likeness (QED) is 0.822. The molecule has 0 saturated carbocycles. The number of hydrogen-bond donors (Lipinski definition) is 0. The van der Waals surface area contributed by atoms with Crippen molar-refractivity contribution in [3.05, 3.63) is 60.2 Å². The van der Waals surface area contributed by atoms with Crippen LogP contribution in [0, 0.1) is 6.07 Å². The number of rotatable bonds is 3. The first-order chi connectivity index (χ1) is 11.0. The SMILES string of the molecule is FC(F)(F)c1ccc(OC2CCCN(c3cc[c]cc3)C2)cc1. The minimum Gasteiger partial charge on any atom is -0.489 e. The van der Waals surface area contributed by atoms with Crippen LogP contribution in [0.25, 0.3) is 0 Å². The molecule has 2 nitrogen and oxygen atoms in total. The van der Waals surface area contributed by atoms with Gasteiger partial charge in [0.1, 0.15) is 11.9 Å². The molecule has 0 spiro atoms. The summed E-state index contributed by atoms with van der Waals surface area (Å²) in [5.41, 5.74) is 0.458. The van der Waals surface area contributed by atoms with E-state index in [0.29, 0.717) is 5.75 Å². The first kappa shape index (κ1) is 15.7. The molecule has 2 aromatic carbocycles. The number of piperidine rings is 1. The molecule has 1 atom stereocenters. The maximum absolute atomic E-state index is 12.6. The van der Waals surface area contributed by atoms with E-state index in [0.717, 1.165) is 43.8 Å². The molecule has 1 heterocycles. The monoisotopic (exact) mass is 320 g/mol. The van der Waals surface area contributed by atoms with Crippen molar-refractivity contribution in [2.75, 3.05) is 18.0 Å². The van der Waals surface area contributed by atoms with Crippen molar-refractivity contribution < 1.29 is 17.9 Å². The minimum absolute atomic E-state index is 0.0235. The topological polar surface area (TPSA) is 12.5 Å². The van der Waals surface area contributed by atoms with Crippen LogP contribution in [-0.2, 0) is 6.18 Å². The molecular formula is C18H17F3NO.